The molecule has 0 saturated carbocycles. The second kappa shape index (κ2) is 10.5. The third kappa shape index (κ3) is 4.15. The van der Waals surface area contributed by atoms with Crippen LogP contribution >= 0.6 is 0 Å². The molecular weight excluding hydrogens is 590 g/mol. The summed E-state index contributed by atoms with van der Waals surface area (Å²) in [6.45, 7) is 0. The molecule has 0 aliphatic carbocycles. The van der Waals surface area contributed by atoms with Crippen molar-refractivity contribution in [1.29, 1.82) is 0 Å². The van der Waals surface area contributed by atoms with Crippen molar-refractivity contribution in [3.8, 4) is 45.3 Å². The number of nitrogens with zero attached hydrogens (tertiary/aromatic N) is 3. The van der Waals surface area contributed by atoms with Gasteiger partial charge in [0.2, 0.25) is 0 Å². The Morgan fingerprint density at radius 3 is 2.06 bits per heavy atom. The van der Waals surface area contributed by atoms with Crippen LogP contribution in [0, 0.1) is 0 Å². The first-order valence-corrected chi connectivity index (χ1v) is 15.4. The second-order valence-electron chi connectivity index (χ2n) is 11.5. The van der Waals surface area contributed by atoms with Crippen LogP contribution in [0.3, 0.4) is 0 Å². The molecule has 0 atom stereocenters. The third-order valence-corrected chi connectivity index (χ3v) is 8.67. The molecule has 7 aromatic carbocycles. The number of furan rings is 2. The number of para-hydroxylation sites is 2. The highest BCUT2D eigenvalue weighted by atomic mass is 16.3. The maximum atomic E-state index is 9.01. The van der Waals surface area contributed by atoms with E-state index in [-0.39, 0.29) is 57.7 Å². The number of rotatable bonds is 4. The Morgan fingerprint density at radius 1 is 0.417 bits per heavy atom. The van der Waals surface area contributed by atoms with E-state index in [1.54, 1.807) is 6.07 Å². The zero-order chi connectivity index (χ0) is 37.7. The van der Waals surface area contributed by atoms with Gasteiger partial charge in [-0.15, -0.1) is 0 Å². The summed E-state index contributed by atoms with van der Waals surface area (Å²) in [5, 5.41) is 3.69. The Bertz CT molecular complexity index is 3250. The summed E-state index contributed by atoms with van der Waals surface area (Å²) < 4.78 is 72.0. The van der Waals surface area contributed by atoms with Gasteiger partial charge >= 0.3 is 0 Å². The van der Waals surface area contributed by atoms with E-state index in [4.69, 9.17) is 33.4 Å². The average Bonchev–Trinajstić information content (AvgIpc) is 3.81. The van der Waals surface area contributed by atoms with Crippen LogP contribution in [0.25, 0.3) is 99.9 Å². The molecule has 3 aromatic heterocycles. The zero-order valence-electron chi connectivity index (χ0n) is 32.1. The molecule has 0 spiro atoms. The minimum absolute atomic E-state index is 0.0680. The minimum Gasteiger partial charge on any atom is -0.456 e. The fourth-order valence-corrected chi connectivity index (χ4v) is 6.50. The van der Waals surface area contributed by atoms with Gasteiger partial charge in [0.25, 0.3) is 0 Å². The predicted molar refractivity (Wildman–Crippen MR) is 194 cm³/mol. The van der Waals surface area contributed by atoms with Crippen molar-refractivity contribution in [3.05, 3.63) is 151 Å². The Kier molecular flexibility index (Phi) is 4.48. The average molecular weight is 623 g/mol. The lowest BCUT2D eigenvalue weighted by molar-refractivity contribution is 0.668. The Balaban J connectivity index is 1.21. The van der Waals surface area contributed by atoms with Crippen LogP contribution in [0.1, 0.15) is 9.60 Å². The molecule has 0 radical (unpaired) electrons. The first-order valence-electron chi connectivity index (χ1n) is 18.9. The molecule has 0 amide bonds. The topological polar surface area (TPSA) is 65.0 Å². The van der Waals surface area contributed by atoms with Crippen molar-refractivity contribution in [2.75, 3.05) is 0 Å². The predicted octanol–water partition coefficient (Wildman–Crippen LogP) is 11.5. The lowest BCUT2D eigenvalue weighted by Gasteiger charge is -2.12. The molecule has 10 aromatic rings. The molecule has 0 aliphatic heterocycles. The van der Waals surface area contributed by atoms with E-state index in [0.29, 0.717) is 23.0 Å². The van der Waals surface area contributed by atoms with Crippen molar-refractivity contribution in [3.63, 3.8) is 0 Å². The summed E-state index contributed by atoms with van der Waals surface area (Å²) in [5.74, 6) is 1.42. The lowest BCUT2D eigenvalue weighted by Crippen LogP contribution is -2.00. The normalized spacial score (nSPS) is 13.8. The summed E-state index contributed by atoms with van der Waals surface area (Å²) in [5.41, 5.74) is 4.39. The summed E-state index contributed by atoms with van der Waals surface area (Å²) in [6.07, 6.45) is 0. The summed E-state index contributed by atoms with van der Waals surface area (Å²) in [7, 11) is 0. The van der Waals surface area contributed by atoms with Crippen molar-refractivity contribution in [2.45, 2.75) is 0 Å². The third-order valence-electron chi connectivity index (χ3n) is 8.67. The smallest absolute Gasteiger partial charge is 0.164 e. The number of aromatic nitrogens is 3. The molecule has 0 saturated heterocycles. The fraction of sp³-hybridized carbons (Fsp3) is 0. The molecular formula is C43H25N3O2. The van der Waals surface area contributed by atoms with E-state index in [9.17, 15) is 0 Å². The molecule has 5 nitrogen and oxygen atoms in total. The quantitative estimate of drug-likeness (QED) is 0.195. The van der Waals surface area contributed by atoms with Gasteiger partial charge in [0.05, 0.1) is 9.60 Å². The SMILES string of the molecule is [2H]c1c([2H])c([2H])c2c(oc3c([2H])c([2H])c([2H])c(-c4ccc5c(-c6nc(-c7ccccc7)nc(-c7cccc8oc9ccccc9c78)n6)cccc5c4)c32)c1[2H]. The maximum absolute atomic E-state index is 9.01. The fourth-order valence-electron chi connectivity index (χ4n) is 6.50. The van der Waals surface area contributed by atoms with Crippen LogP contribution in [0.5, 0.6) is 0 Å². The molecule has 0 bridgehead atoms. The molecule has 224 valence electrons. The van der Waals surface area contributed by atoms with Crippen LogP contribution in [-0.2, 0) is 0 Å². The number of hydrogen-bond acceptors (Lipinski definition) is 5. The Hall–Kier alpha value is -6.59. The van der Waals surface area contributed by atoms with Gasteiger partial charge < -0.3 is 8.83 Å². The van der Waals surface area contributed by atoms with Crippen LogP contribution < -0.4 is 0 Å². The highest BCUT2D eigenvalue weighted by Crippen LogP contribution is 2.40. The molecule has 10 rings (SSSR count). The van der Waals surface area contributed by atoms with E-state index in [1.807, 2.05) is 103 Å². The minimum atomic E-state index is -0.466. The summed E-state index contributed by atoms with van der Waals surface area (Å²) in [4.78, 5) is 15.1. The number of hydrogen-bond donors (Lipinski definition) is 0. The highest BCUT2D eigenvalue weighted by Gasteiger charge is 2.19. The van der Waals surface area contributed by atoms with Crippen LogP contribution in [0.15, 0.2) is 160 Å². The maximum Gasteiger partial charge on any atom is 0.164 e. The monoisotopic (exact) mass is 622 g/mol. The van der Waals surface area contributed by atoms with Crippen molar-refractivity contribution in [1.82, 2.24) is 15.0 Å². The first kappa shape index (κ1) is 20.5. The van der Waals surface area contributed by atoms with Gasteiger partial charge in [0.1, 0.15) is 22.3 Å². The summed E-state index contributed by atoms with van der Waals surface area (Å²) >= 11 is 0. The molecule has 0 aliphatic rings. The molecule has 0 N–H and O–H groups in total. The largest absolute Gasteiger partial charge is 0.456 e. The van der Waals surface area contributed by atoms with Crippen LogP contribution in [0.4, 0.5) is 0 Å². The molecule has 0 fully saturated rings. The van der Waals surface area contributed by atoms with E-state index in [2.05, 4.69) is 0 Å². The van der Waals surface area contributed by atoms with E-state index in [1.165, 1.54) is 0 Å². The van der Waals surface area contributed by atoms with Gasteiger partial charge in [0, 0.05) is 38.2 Å². The number of fused-ring (bicyclic) bond motifs is 7. The van der Waals surface area contributed by atoms with Gasteiger partial charge in [-0.25, -0.2) is 15.0 Å². The molecule has 0 unspecified atom stereocenters. The zero-order valence-corrected chi connectivity index (χ0v) is 25.1. The van der Waals surface area contributed by atoms with Crippen LogP contribution in [0.2, 0.25) is 0 Å². The Morgan fingerprint density at radius 2 is 1.12 bits per heavy atom. The highest BCUT2D eigenvalue weighted by molar-refractivity contribution is 6.14. The first-order chi connectivity index (χ1) is 26.7. The van der Waals surface area contributed by atoms with Crippen LogP contribution in [-0.4, -0.2) is 15.0 Å². The van der Waals surface area contributed by atoms with Gasteiger partial charge in [-0.1, -0.05) is 121 Å². The van der Waals surface area contributed by atoms with Gasteiger partial charge in [-0.2, -0.15) is 0 Å². The van der Waals surface area contributed by atoms with E-state index in [0.717, 1.165) is 49.4 Å². The van der Waals surface area contributed by atoms with Gasteiger partial charge in [-0.05, 0) is 52.2 Å². The molecule has 48 heavy (non-hydrogen) atoms. The lowest BCUT2D eigenvalue weighted by atomic mass is 9.95. The Labute approximate surface area is 284 Å². The standard InChI is InChI=1S/C43H25N3O2/c1-2-11-26(12-3-1)41-44-42(46-43(45-41)34-18-10-22-38-40(34)33-15-5-7-20-36(33)48-38)31-17-8-13-27-25-28(23-24-29(27)31)30-16-9-21-37-39(30)32-14-4-6-19-35(32)47-37/h1-25H/i4D,6D,9D,14D,16D,19D,21D. The van der Waals surface area contributed by atoms with Gasteiger partial charge in [0.15, 0.2) is 17.5 Å². The van der Waals surface area contributed by atoms with Gasteiger partial charge in [-0.3, -0.25) is 0 Å². The van der Waals surface area contributed by atoms with E-state index >= 15 is 0 Å². The molecule has 3 heterocycles. The second-order valence-corrected chi connectivity index (χ2v) is 11.5. The number of benzene rings is 7. The summed E-state index contributed by atoms with van der Waals surface area (Å²) in [6, 6.07) is 32.1. The van der Waals surface area contributed by atoms with Crippen molar-refractivity contribution >= 4 is 54.6 Å². The van der Waals surface area contributed by atoms with E-state index < -0.39 is 12.1 Å². The van der Waals surface area contributed by atoms with Crippen molar-refractivity contribution < 1.29 is 18.4 Å². The van der Waals surface area contributed by atoms with Crippen molar-refractivity contribution in [2.24, 2.45) is 0 Å². The molecule has 5 heteroatoms.